The third-order valence-electron chi connectivity index (χ3n) is 3.14. The zero-order valence-electron chi connectivity index (χ0n) is 10.9. The summed E-state index contributed by atoms with van der Waals surface area (Å²) in [5, 5.41) is 7.75. The molecule has 4 N–H and O–H groups in total. The van der Waals surface area contributed by atoms with E-state index in [-0.39, 0.29) is 12.2 Å². The number of rotatable bonds is 2. The van der Waals surface area contributed by atoms with Crippen LogP contribution in [0.5, 0.6) is 0 Å². The summed E-state index contributed by atoms with van der Waals surface area (Å²) < 4.78 is 5.74. The molecule has 19 heavy (non-hydrogen) atoms. The van der Waals surface area contributed by atoms with Crippen molar-refractivity contribution in [3.8, 4) is 0 Å². The minimum Gasteiger partial charge on any atom is -0.372 e. The van der Waals surface area contributed by atoms with Gasteiger partial charge in [0.2, 0.25) is 5.95 Å². The number of aromatic nitrogens is 4. The molecule has 2 atom stereocenters. The Bertz CT molecular complexity index is 573. The summed E-state index contributed by atoms with van der Waals surface area (Å²) in [7, 11) is 0. The number of hydrogen-bond acceptors (Lipinski definition) is 7. The molecule has 0 amide bonds. The average Bonchev–Trinajstić information content (AvgIpc) is 2.84. The number of nitrogens with one attached hydrogen (secondary N) is 2. The summed E-state index contributed by atoms with van der Waals surface area (Å²) >= 11 is 0. The first-order valence-electron chi connectivity index (χ1n) is 6.25. The predicted molar refractivity (Wildman–Crippen MR) is 71.7 cm³/mol. The monoisotopic (exact) mass is 263 g/mol. The van der Waals surface area contributed by atoms with E-state index >= 15 is 0 Å². The smallest absolute Gasteiger partial charge is 0.241 e. The van der Waals surface area contributed by atoms with E-state index in [1.165, 1.54) is 0 Å². The number of nitrogen functional groups attached to an aromatic ring is 1. The van der Waals surface area contributed by atoms with Crippen LogP contribution in [0.3, 0.4) is 0 Å². The van der Waals surface area contributed by atoms with Crippen LogP contribution in [0, 0.1) is 0 Å². The molecule has 0 spiro atoms. The molecule has 8 heteroatoms. The SMILES string of the molecule is CC1CN(c2nc(NN)nc3[nH]ncc23)CC(C)O1. The van der Waals surface area contributed by atoms with Crippen molar-refractivity contribution in [3.63, 3.8) is 0 Å². The number of aromatic amines is 1. The van der Waals surface area contributed by atoms with Gasteiger partial charge >= 0.3 is 0 Å². The van der Waals surface area contributed by atoms with Gasteiger partial charge < -0.3 is 9.64 Å². The van der Waals surface area contributed by atoms with Crippen molar-refractivity contribution in [2.45, 2.75) is 26.1 Å². The molecule has 0 aliphatic carbocycles. The van der Waals surface area contributed by atoms with Crippen molar-refractivity contribution in [1.29, 1.82) is 0 Å². The first-order chi connectivity index (χ1) is 9.17. The van der Waals surface area contributed by atoms with Crippen molar-refractivity contribution in [1.82, 2.24) is 20.2 Å². The Balaban J connectivity index is 2.05. The highest BCUT2D eigenvalue weighted by atomic mass is 16.5. The molecule has 3 rings (SSSR count). The Labute approximate surface area is 110 Å². The van der Waals surface area contributed by atoms with Gasteiger partial charge in [-0.1, -0.05) is 0 Å². The lowest BCUT2D eigenvalue weighted by Crippen LogP contribution is -2.46. The number of hydrogen-bond donors (Lipinski definition) is 3. The van der Waals surface area contributed by atoms with Gasteiger partial charge in [-0.15, -0.1) is 0 Å². The molecule has 0 saturated carbocycles. The van der Waals surface area contributed by atoms with Crippen LogP contribution in [0.15, 0.2) is 6.20 Å². The molecule has 1 fully saturated rings. The molecular formula is C11H17N7O. The van der Waals surface area contributed by atoms with Crippen molar-refractivity contribution >= 4 is 22.8 Å². The van der Waals surface area contributed by atoms with Crippen LogP contribution in [0.4, 0.5) is 11.8 Å². The number of H-pyrrole nitrogens is 1. The Morgan fingerprint density at radius 1 is 1.37 bits per heavy atom. The number of hydrazine groups is 1. The first-order valence-corrected chi connectivity index (χ1v) is 6.25. The lowest BCUT2D eigenvalue weighted by atomic mass is 10.2. The molecule has 2 unspecified atom stereocenters. The third-order valence-corrected chi connectivity index (χ3v) is 3.14. The quantitative estimate of drug-likeness (QED) is 0.527. The molecule has 2 aromatic rings. The summed E-state index contributed by atoms with van der Waals surface area (Å²) in [6.45, 7) is 5.67. The fourth-order valence-electron chi connectivity index (χ4n) is 2.48. The standard InChI is InChI=1S/C11H17N7O/c1-6-4-18(5-7(2)19-6)10-8-3-13-17-9(8)14-11(15-10)16-12/h3,6-7H,4-5,12H2,1-2H3,(H2,13,14,15,16,17). The van der Waals surface area contributed by atoms with Gasteiger partial charge in [-0.05, 0) is 13.8 Å². The summed E-state index contributed by atoms with van der Waals surface area (Å²) in [5.41, 5.74) is 3.15. The molecule has 1 aliphatic rings. The van der Waals surface area contributed by atoms with Crippen molar-refractivity contribution < 1.29 is 4.74 Å². The number of anilines is 2. The van der Waals surface area contributed by atoms with Crippen molar-refractivity contribution in [3.05, 3.63) is 6.20 Å². The minimum atomic E-state index is 0.162. The zero-order chi connectivity index (χ0) is 13.4. The van der Waals surface area contributed by atoms with Crippen LogP contribution < -0.4 is 16.2 Å². The Morgan fingerprint density at radius 2 is 2.11 bits per heavy atom. The van der Waals surface area contributed by atoms with Gasteiger partial charge in [0.05, 0.1) is 23.8 Å². The Hall–Kier alpha value is -1.93. The number of nitrogens with two attached hydrogens (primary N) is 1. The topological polar surface area (TPSA) is 105 Å². The predicted octanol–water partition coefficient (Wildman–Crippen LogP) is 0.252. The largest absolute Gasteiger partial charge is 0.372 e. The number of ether oxygens (including phenoxy) is 1. The van der Waals surface area contributed by atoms with E-state index in [0.29, 0.717) is 11.6 Å². The van der Waals surface area contributed by atoms with E-state index in [0.717, 1.165) is 24.3 Å². The number of morpholine rings is 1. The molecule has 3 heterocycles. The maximum atomic E-state index is 5.74. The average molecular weight is 263 g/mol. The van der Waals surface area contributed by atoms with Gasteiger partial charge in [-0.3, -0.25) is 10.5 Å². The van der Waals surface area contributed by atoms with Gasteiger partial charge in [0.25, 0.3) is 0 Å². The Morgan fingerprint density at radius 3 is 2.79 bits per heavy atom. The lowest BCUT2D eigenvalue weighted by molar-refractivity contribution is -0.00536. The maximum Gasteiger partial charge on any atom is 0.241 e. The van der Waals surface area contributed by atoms with E-state index in [1.807, 2.05) is 0 Å². The summed E-state index contributed by atoms with van der Waals surface area (Å²) in [5.74, 6) is 6.61. The van der Waals surface area contributed by atoms with Crippen molar-refractivity contribution in [2.75, 3.05) is 23.4 Å². The fraction of sp³-hybridized carbons (Fsp3) is 0.545. The van der Waals surface area contributed by atoms with E-state index in [9.17, 15) is 0 Å². The van der Waals surface area contributed by atoms with Gasteiger partial charge in [-0.25, -0.2) is 5.84 Å². The second-order valence-electron chi connectivity index (χ2n) is 4.81. The van der Waals surface area contributed by atoms with E-state index in [1.54, 1.807) is 6.20 Å². The van der Waals surface area contributed by atoms with Gasteiger partial charge in [0.1, 0.15) is 5.82 Å². The highest BCUT2D eigenvalue weighted by Gasteiger charge is 2.25. The highest BCUT2D eigenvalue weighted by Crippen LogP contribution is 2.26. The molecule has 1 saturated heterocycles. The van der Waals surface area contributed by atoms with E-state index in [2.05, 4.69) is 44.3 Å². The molecule has 0 bridgehead atoms. The molecule has 102 valence electrons. The second kappa shape index (κ2) is 4.63. The molecule has 8 nitrogen and oxygen atoms in total. The molecule has 2 aromatic heterocycles. The highest BCUT2D eigenvalue weighted by molar-refractivity contribution is 5.87. The summed E-state index contributed by atoms with van der Waals surface area (Å²) in [4.78, 5) is 10.9. The number of fused-ring (bicyclic) bond motifs is 1. The van der Waals surface area contributed by atoms with E-state index < -0.39 is 0 Å². The summed E-state index contributed by atoms with van der Waals surface area (Å²) in [6.07, 6.45) is 2.06. The minimum absolute atomic E-state index is 0.162. The van der Waals surface area contributed by atoms with Crippen LogP contribution in [-0.4, -0.2) is 45.5 Å². The lowest BCUT2D eigenvalue weighted by Gasteiger charge is -2.36. The van der Waals surface area contributed by atoms with E-state index in [4.69, 9.17) is 10.6 Å². The zero-order valence-corrected chi connectivity index (χ0v) is 10.9. The van der Waals surface area contributed by atoms with Gasteiger partial charge in [-0.2, -0.15) is 15.1 Å². The van der Waals surface area contributed by atoms with Gasteiger partial charge in [0.15, 0.2) is 5.65 Å². The maximum absolute atomic E-state index is 5.74. The third kappa shape index (κ3) is 2.20. The molecular weight excluding hydrogens is 246 g/mol. The van der Waals surface area contributed by atoms with Crippen LogP contribution >= 0.6 is 0 Å². The van der Waals surface area contributed by atoms with Crippen LogP contribution in [0.25, 0.3) is 11.0 Å². The van der Waals surface area contributed by atoms with Crippen LogP contribution in [0.2, 0.25) is 0 Å². The van der Waals surface area contributed by atoms with Gasteiger partial charge in [0, 0.05) is 13.1 Å². The Kier molecular flexibility index (Phi) is 2.96. The molecule has 1 aliphatic heterocycles. The molecule has 0 radical (unpaired) electrons. The van der Waals surface area contributed by atoms with Crippen LogP contribution in [-0.2, 0) is 4.74 Å². The second-order valence-corrected chi connectivity index (χ2v) is 4.81. The first kappa shape index (κ1) is 12.1. The summed E-state index contributed by atoms with van der Waals surface area (Å²) in [6, 6.07) is 0. The fourth-order valence-corrected chi connectivity index (χ4v) is 2.48. The number of nitrogens with zero attached hydrogens (tertiary/aromatic N) is 4. The van der Waals surface area contributed by atoms with Crippen molar-refractivity contribution in [2.24, 2.45) is 5.84 Å². The normalized spacial score (nSPS) is 23.8. The molecule has 0 aromatic carbocycles. The van der Waals surface area contributed by atoms with Crippen LogP contribution in [0.1, 0.15) is 13.8 Å².